The first-order valence-electron chi connectivity index (χ1n) is 6.22. The van der Waals surface area contributed by atoms with Gasteiger partial charge in [0.15, 0.2) is 5.88 Å². The summed E-state index contributed by atoms with van der Waals surface area (Å²) in [7, 11) is 0. The Hall–Kier alpha value is -1.82. The number of nitrogens with one attached hydrogen (secondary N) is 1. The van der Waals surface area contributed by atoms with Crippen molar-refractivity contribution in [3.63, 3.8) is 0 Å². The molecule has 0 spiro atoms. The lowest BCUT2D eigenvalue weighted by Gasteiger charge is -2.31. The molecule has 0 fully saturated rings. The lowest BCUT2D eigenvalue weighted by atomic mass is 9.93. The summed E-state index contributed by atoms with van der Waals surface area (Å²) < 4.78 is 0. The molecule has 6 nitrogen and oxygen atoms in total. The number of pyridine rings is 1. The Morgan fingerprint density at radius 3 is 2.58 bits per heavy atom. The predicted molar refractivity (Wildman–Crippen MR) is 73.1 cm³/mol. The fourth-order valence-electron chi connectivity index (χ4n) is 1.74. The van der Waals surface area contributed by atoms with E-state index in [1.165, 1.54) is 12.1 Å². The van der Waals surface area contributed by atoms with E-state index < -0.39 is 5.56 Å². The van der Waals surface area contributed by atoms with Gasteiger partial charge in [-0.15, -0.1) is 0 Å². The second-order valence-corrected chi connectivity index (χ2v) is 5.31. The van der Waals surface area contributed by atoms with Gasteiger partial charge in [-0.25, -0.2) is 0 Å². The summed E-state index contributed by atoms with van der Waals surface area (Å²) in [5, 5.41) is 9.33. The Morgan fingerprint density at radius 2 is 2.11 bits per heavy atom. The van der Waals surface area contributed by atoms with Crippen LogP contribution < -0.4 is 11.3 Å². The van der Waals surface area contributed by atoms with Crippen molar-refractivity contribution in [1.29, 1.82) is 0 Å². The van der Waals surface area contributed by atoms with Crippen LogP contribution in [-0.2, 0) is 0 Å². The molecule has 1 aromatic heterocycles. The number of nitrogens with two attached hydrogens (primary N) is 1. The zero-order valence-corrected chi connectivity index (χ0v) is 11.6. The highest BCUT2D eigenvalue weighted by Crippen LogP contribution is 2.17. The molecule has 6 heteroatoms. The number of rotatable bonds is 5. The standard InChI is InChI=1S/C13H21N3O3/c1-4-16(8-13(2,3)7-14)12(19)9-5-10(17)15-11(18)6-9/h5-6H,4,7-8,14H2,1-3H3,(H2,15,17,18). The summed E-state index contributed by atoms with van der Waals surface area (Å²) in [6.07, 6.45) is 0. The third-order valence-corrected chi connectivity index (χ3v) is 2.92. The number of carbonyl (C=O) groups is 1. The number of aromatic hydroxyl groups is 1. The summed E-state index contributed by atoms with van der Waals surface area (Å²) >= 11 is 0. The maximum Gasteiger partial charge on any atom is 0.254 e. The molecule has 0 unspecified atom stereocenters. The van der Waals surface area contributed by atoms with Gasteiger partial charge in [-0.3, -0.25) is 14.6 Å². The third kappa shape index (κ3) is 4.10. The van der Waals surface area contributed by atoms with E-state index in [0.717, 1.165) is 0 Å². The molecule has 0 atom stereocenters. The normalized spacial score (nSPS) is 11.4. The molecule has 0 aromatic carbocycles. The quantitative estimate of drug-likeness (QED) is 0.724. The van der Waals surface area contributed by atoms with E-state index in [2.05, 4.69) is 4.98 Å². The van der Waals surface area contributed by atoms with Crippen LogP contribution in [0.15, 0.2) is 16.9 Å². The smallest absolute Gasteiger partial charge is 0.254 e. The van der Waals surface area contributed by atoms with Gasteiger partial charge in [-0.2, -0.15) is 0 Å². The van der Waals surface area contributed by atoms with Gasteiger partial charge in [0, 0.05) is 25.2 Å². The molecule has 1 aromatic rings. The first-order chi connectivity index (χ1) is 8.79. The molecule has 0 aliphatic carbocycles. The Balaban J connectivity index is 2.99. The molecule has 0 saturated heterocycles. The van der Waals surface area contributed by atoms with Crippen LogP contribution in [0.25, 0.3) is 0 Å². The number of amides is 1. The van der Waals surface area contributed by atoms with Crippen LogP contribution in [0.2, 0.25) is 0 Å². The summed E-state index contributed by atoms with van der Waals surface area (Å²) in [5.41, 5.74) is 5.14. The Bertz CT molecular complexity index is 508. The van der Waals surface area contributed by atoms with Gasteiger partial charge in [0.1, 0.15) is 0 Å². The molecule has 1 heterocycles. The third-order valence-electron chi connectivity index (χ3n) is 2.92. The van der Waals surface area contributed by atoms with Crippen molar-refractivity contribution < 1.29 is 9.90 Å². The van der Waals surface area contributed by atoms with Crippen molar-refractivity contribution in [3.8, 4) is 5.88 Å². The molecule has 0 bridgehead atoms. The molecule has 1 amide bonds. The SMILES string of the molecule is CCN(CC(C)(C)CN)C(=O)c1cc(O)[nH]c(=O)c1. The van der Waals surface area contributed by atoms with Crippen molar-refractivity contribution in [1.82, 2.24) is 9.88 Å². The van der Waals surface area contributed by atoms with E-state index in [1.807, 2.05) is 20.8 Å². The lowest BCUT2D eigenvalue weighted by Crippen LogP contribution is -2.42. The average Bonchev–Trinajstić information content (AvgIpc) is 2.34. The van der Waals surface area contributed by atoms with Crippen molar-refractivity contribution in [2.75, 3.05) is 19.6 Å². The molecule has 1 rings (SSSR count). The molecule has 4 N–H and O–H groups in total. The molecule has 0 aliphatic heterocycles. The molecule has 106 valence electrons. The van der Waals surface area contributed by atoms with Gasteiger partial charge in [-0.05, 0) is 18.9 Å². The fourth-order valence-corrected chi connectivity index (χ4v) is 1.74. The van der Waals surface area contributed by atoms with Crippen molar-refractivity contribution in [3.05, 3.63) is 28.0 Å². The van der Waals surface area contributed by atoms with Crippen LogP contribution in [-0.4, -0.2) is 40.5 Å². The van der Waals surface area contributed by atoms with Gasteiger partial charge in [0.25, 0.3) is 11.5 Å². The zero-order chi connectivity index (χ0) is 14.6. The molecule has 19 heavy (non-hydrogen) atoms. The van der Waals surface area contributed by atoms with E-state index in [1.54, 1.807) is 4.90 Å². The van der Waals surface area contributed by atoms with E-state index in [4.69, 9.17) is 5.73 Å². The average molecular weight is 267 g/mol. The summed E-state index contributed by atoms with van der Waals surface area (Å²) in [5.74, 6) is -0.601. The minimum Gasteiger partial charge on any atom is -0.494 e. The first kappa shape index (κ1) is 15.2. The van der Waals surface area contributed by atoms with E-state index in [-0.39, 0.29) is 22.8 Å². The zero-order valence-electron chi connectivity index (χ0n) is 11.6. The van der Waals surface area contributed by atoms with Crippen LogP contribution in [0.3, 0.4) is 0 Å². The topological polar surface area (TPSA) is 99.4 Å². The lowest BCUT2D eigenvalue weighted by molar-refractivity contribution is 0.0700. The summed E-state index contributed by atoms with van der Waals surface area (Å²) in [6, 6.07) is 2.43. The Labute approximate surface area is 112 Å². The van der Waals surface area contributed by atoms with Gasteiger partial charge in [0.05, 0.1) is 5.56 Å². The van der Waals surface area contributed by atoms with Crippen molar-refractivity contribution in [2.45, 2.75) is 20.8 Å². The largest absolute Gasteiger partial charge is 0.494 e. The monoisotopic (exact) mass is 267 g/mol. The highest BCUT2D eigenvalue weighted by molar-refractivity contribution is 5.94. The van der Waals surface area contributed by atoms with Crippen LogP contribution in [0.1, 0.15) is 31.1 Å². The van der Waals surface area contributed by atoms with Crippen molar-refractivity contribution >= 4 is 5.91 Å². The summed E-state index contributed by atoms with van der Waals surface area (Å²) in [6.45, 7) is 7.26. The van der Waals surface area contributed by atoms with Crippen LogP contribution >= 0.6 is 0 Å². The van der Waals surface area contributed by atoms with Gasteiger partial charge in [-0.1, -0.05) is 13.8 Å². The van der Waals surface area contributed by atoms with Gasteiger partial charge >= 0.3 is 0 Å². The number of carbonyl (C=O) groups excluding carboxylic acids is 1. The maximum atomic E-state index is 12.3. The summed E-state index contributed by atoms with van der Waals surface area (Å²) in [4.78, 5) is 27.4. The van der Waals surface area contributed by atoms with Gasteiger partial charge in [0.2, 0.25) is 0 Å². The van der Waals surface area contributed by atoms with Crippen LogP contribution in [0.4, 0.5) is 0 Å². The highest BCUT2D eigenvalue weighted by atomic mass is 16.3. The maximum absolute atomic E-state index is 12.3. The van der Waals surface area contributed by atoms with E-state index >= 15 is 0 Å². The number of hydrogen-bond donors (Lipinski definition) is 3. The minimum atomic E-state index is -0.502. The van der Waals surface area contributed by atoms with Crippen molar-refractivity contribution in [2.24, 2.45) is 11.1 Å². The molecule has 0 radical (unpaired) electrons. The number of H-pyrrole nitrogens is 1. The van der Waals surface area contributed by atoms with Crippen LogP contribution in [0, 0.1) is 5.41 Å². The predicted octanol–water partition coefficient (Wildman–Crippen LogP) is 0.528. The molecule has 0 saturated carbocycles. The second-order valence-electron chi connectivity index (χ2n) is 5.31. The highest BCUT2D eigenvalue weighted by Gasteiger charge is 2.24. The Kier molecular flexibility index (Phi) is 4.72. The number of nitrogens with zero attached hydrogens (tertiary/aromatic N) is 1. The number of hydrogen-bond acceptors (Lipinski definition) is 4. The number of aromatic nitrogens is 1. The van der Waals surface area contributed by atoms with E-state index in [0.29, 0.717) is 19.6 Å². The second kappa shape index (κ2) is 5.88. The molecular formula is C13H21N3O3. The van der Waals surface area contributed by atoms with E-state index in [9.17, 15) is 14.7 Å². The minimum absolute atomic E-state index is 0.177. The van der Waals surface area contributed by atoms with Gasteiger partial charge < -0.3 is 15.7 Å². The molecule has 0 aliphatic rings. The molecular weight excluding hydrogens is 246 g/mol. The van der Waals surface area contributed by atoms with Crippen LogP contribution in [0.5, 0.6) is 5.88 Å². The number of aromatic amines is 1. The Morgan fingerprint density at radius 1 is 1.47 bits per heavy atom. The fraction of sp³-hybridized carbons (Fsp3) is 0.538. The first-order valence-corrected chi connectivity index (χ1v) is 6.22.